The van der Waals surface area contributed by atoms with Gasteiger partial charge in [0.05, 0.1) is 17.4 Å². The molecule has 0 unspecified atom stereocenters. The van der Waals surface area contributed by atoms with E-state index in [0.717, 1.165) is 16.9 Å². The standard InChI is InChI=1S/C10H5F4N3O/c11-9-2-1-7(3-8(9)10(12,13)14)17-4-6(5-18)15-16-17/h1-5H. The van der Waals surface area contributed by atoms with Crippen molar-refractivity contribution in [2.75, 3.05) is 0 Å². The van der Waals surface area contributed by atoms with E-state index < -0.39 is 17.6 Å². The molecule has 1 aromatic heterocycles. The van der Waals surface area contributed by atoms with Gasteiger partial charge < -0.3 is 0 Å². The summed E-state index contributed by atoms with van der Waals surface area (Å²) in [7, 11) is 0. The lowest BCUT2D eigenvalue weighted by atomic mass is 10.2. The molecule has 0 spiro atoms. The zero-order valence-corrected chi connectivity index (χ0v) is 8.65. The Morgan fingerprint density at radius 2 is 2.00 bits per heavy atom. The van der Waals surface area contributed by atoms with Gasteiger partial charge in [-0.05, 0) is 18.2 Å². The minimum Gasteiger partial charge on any atom is -0.296 e. The summed E-state index contributed by atoms with van der Waals surface area (Å²) in [5.74, 6) is -1.37. The van der Waals surface area contributed by atoms with E-state index in [1.807, 2.05) is 0 Å². The van der Waals surface area contributed by atoms with E-state index in [4.69, 9.17) is 0 Å². The zero-order valence-electron chi connectivity index (χ0n) is 8.65. The van der Waals surface area contributed by atoms with Gasteiger partial charge in [-0.2, -0.15) is 13.2 Å². The van der Waals surface area contributed by atoms with Crippen LogP contribution in [0.4, 0.5) is 17.6 Å². The molecule has 2 aromatic rings. The number of benzene rings is 1. The number of alkyl halides is 3. The summed E-state index contributed by atoms with van der Waals surface area (Å²) in [6.07, 6.45) is -3.26. The van der Waals surface area contributed by atoms with Crippen LogP contribution in [-0.2, 0) is 6.18 Å². The number of hydrogen-bond acceptors (Lipinski definition) is 3. The van der Waals surface area contributed by atoms with Crippen LogP contribution in [0.5, 0.6) is 0 Å². The molecule has 2 rings (SSSR count). The van der Waals surface area contributed by atoms with Gasteiger partial charge >= 0.3 is 6.18 Å². The number of nitrogens with zero attached hydrogens (tertiary/aromatic N) is 3. The molecule has 0 saturated heterocycles. The molecule has 94 valence electrons. The Balaban J connectivity index is 2.50. The first-order valence-corrected chi connectivity index (χ1v) is 4.66. The van der Waals surface area contributed by atoms with Gasteiger partial charge in [0.25, 0.3) is 0 Å². The predicted octanol–water partition coefficient (Wildman–Crippen LogP) is 2.24. The molecule has 0 radical (unpaired) electrons. The molecule has 0 aliphatic rings. The number of carbonyl (C=O) groups is 1. The molecule has 0 atom stereocenters. The quantitative estimate of drug-likeness (QED) is 0.613. The molecular formula is C10H5F4N3O. The number of carbonyl (C=O) groups excluding carboxylic acids is 1. The van der Waals surface area contributed by atoms with Crippen molar-refractivity contribution >= 4 is 6.29 Å². The lowest BCUT2D eigenvalue weighted by Gasteiger charge is -2.09. The Kier molecular flexibility index (Phi) is 2.85. The second-order valence-corrected chi connectivity index (χ2v) is 3.37. The third kappa shape index (κ3) is 2.22. The van der Waals surface area contributed by atoms with Crippen LogP contribution in [0, 0.1) is 5.82 Å². The summed E-state index contributed by atoms with van der Waals surface area (Å²) in [5, 5.41) is 6.85. The summed E-state index contributed by atoms with van der Waals surface area (Å²) in [5.41, 5.74) is -1.47. The Morgan fingerprint density at radius 1 is 1.28 bits per heavy atom. The van der Waals surface area contributed by atoms with E-state index in [1.165, 1.54) is 0 Å². The van der Waals surface area contributed by atoms with E-state index in [2.05, 4.69) is 10.3 Å². The Hall–Kier alpha value is -2.25. The number of rotatable bonds is 2. The lowest BCUT2D eigenvalue weighted by Crippen LogP contribution is -2.09. The highest BCUT2D eigenvalue weighted by Crippen LogP contribution is 2.32. The van der Waals surface area contributed by atoms with Crippen LogP contribution in [0.15, 0.2) is 24.4 Å². The van der Waals surface area contributed by atoms with Crippen LogP contribution >= 0.6 is 0 Å². The molecule has 0 N–H and O–H groups in total. The van der Waals surface area contributed by atoms with Crippen molar-refractivity contribution in [3.63, 3.8) is 0 Å². The highest BCUT2D eigenvalue weighted by atomic mass is 19.4. The van der Waals surface area contributed by atoms with Crippen molar-refractivity contribution in [2.24, 2.45) is 0 Å². The smallest absolute Gasteiger partial charge is 0.296 e. The monoisotopic (exact) mass is 259 g/mol. The average Bonchev–Trinajstić information content (AvgIpc) is 2.76. The van der Waals surface area contributed by atoms with Gasteiger partial charge in [0.15, 0.2) is 6.29 Å². The van der Waals surface area contributed by atoms with E-state index in [-0.39, 0.29) is 11.4 Å². The SMILES string of the molecule is O=Cc1cn(-c2ccc(F)c(C(F)(F)F)c2)nn1. The van der Waals surface area contributed by atoms with Gasteiger partial charge in [0.2, 0.25) is 0 Å². The summed E-state index contributed by atoms with van der Waals surface area (Å²) in [4.78, 5) is 10.4. The summed E-state index contributed by atoms with van der Waals surface area (Å²) in [6.45, 7) is 0. The van der Waals surface area contributed by atoms with Crippen LogP contribution in [0.1, 0.15) is 16.1 Å². The van der Waals surface area contributed by atoms with Gasteiger partial charge in [-0.1, -0.05) is 5.21 Å². The molecule has 0 amide bonds. The molecule has 0 fully saturated rings. The van der Waals surface area contributed by atoms with E-state index in [0.29, 0.717) is 18.4 Å². The Labute approximate surface area is 97.8 Å². The predicted molar refractivity (Wildman–Crippen MR) is 51.7 cm³/mol. The van der Waals surface area contributed by atoms with Crippen molar-refractivity contribution in [1.29, 1.82) is 0 Å². The topological polar surface area (TPSA) is 47.8 Å². The number of aldehydes is 1. The summed E-state index contributed by atoms with van der Waals surface area (Å²) in [6, 6.07) is 2.38. The maximum absolute atomic E-state index is 13.0. The molecule has 0 saturated carbocycles. The van der Waals surface area contributed by atoms with E-state index >= 15 is 0 Å². The fourth-order valence-corrected chi connectivity index (χ4v) is 1.33. The summed E-state index contributed by atoms with van der Waals surface area (Å²) < 4.78 is 51.4. The molecule has 8 heteroatoms. The number of hydrogen-bond donors (Lipinski definition) is 0. The van der Waals surface area contributed by atoms with Crippen molar-refractivity contribution in [3.8, 4) is 5.69 Å². The molecule has 18 heavy (non-hydrogen) atoms. The van der Waals surface area contributed by atoms with Crippen molar-refractivity contribution in [1.82, 2.24) is 15.0 Å². The fraction of sp³-hybridized carbons (Fsp3) is 0.100. The van der Waals surface area contributed by atoms with Crippen molar-refractivity contribution in [2.45, 2.75) is 6.18 Å². The first-order valence-electron chi connectivity index (χ1n) is 4.66. The van der Waals surface area contributed by atoms with Crippen LogP contribution in [-0.4, -0.2) is 21.3 Å². The highest BCUT2D eigenvalue weighted by molar-refractivity contribution is 5.70. The van der Waals surface area contributed by atoms with Crippen LogP contribution < -0.4 is 0 Å². The van der Waals surface area contributed by atoms with Crippen LogP contribution in [0.3, 0.4) is 0 Å². The molecule has 1 aromatic carbocycles. The highest BCUT2D eigenvalue weighted by Gasteiger charge is 2.34. The molecule has 0 bridgehead atoms. The van der Waals surface area contributed by atoms with Gasteiger partial charge in [0.1, 0.15) is 11.5 Å². The Morgan fingerprint density at radius 3 is 2.56 bits per heavy atom. The van der Waals surface area contributed by atoms with E-state index in [1.54, 1.807) is 0 Å². The van der Waals surface area contributed by atoms with Gasteiger partial charge in [-0.15, -0.1) is 5.10 Å². The Bertz CT molecular complexity index is 591. The zero-order chi connectivity index (χ0) is 13.3. The largest absolute Gasteiger partial charge is 0.419 e. The molecular weight excluding hydrogens is 254 g/mol. The van der Waals surface area contributed by atoms with Gasteiger partial charge in [-0.3, -0.25) is 4.79 Å². The normalized spacial score (nSPS) is 11.6. The molecule has 0 aliphatic heterocycles. The number of aromatic nitrogens is 3. The van der Waals surface area contributed by atoms with Gasteiger partial charge in [-0.25, -0.2) is 9.07 Å². The van der Waals surface area contributed by atoms with E-state index in [9.17, 15) is 22.4 Å². The third-order valence-corrected chi connectivity index (χ3v) is 2.15. The summed E-state index contributed by atoms with van der Waals surface area (Å²) >= 11 is 0. The van der Waals surface area contributed by atoms with Crippen LogP contribution in [0.2, 0.25) is 0 Å². The third-order valence-electron chi connectivity index (χ3n) is 2.15. The second-order valence-electron chi connectivity index (χ2n) is 3.37. The molecule has 4 nitrogen and oxygen atoms in total. The van der Waals surface area contributed by atoms with Crippen molar-refractivity contribution < 1.29 is 22.4 Å². The minimum absolute atomic E-state index is 0.0344. The molecule has 1 heterocycles. The van der Waals surface area contributed by atoms with Gasteiger partial charge in [0, 0.05) is 0 Å². The lowest BCUT2D eigenvalue weighted by molar-refractivity contribution is -0.140. The van der Waals surface area contributed by atoms with Crippen LogP contribution in [0.25, 0.3) is 5.69 Å². The maximum Gasteiger partial charge on any atom is 0.419 e. The first-order chi connectivity index (χ1) is 8.41. The van der Waals surface area contributed by atoms with Crippen molar-refractivity contribution in [3.05, 3.63) is 41.5 Å². The molecule has 0 aliphatic carbocycles. The first kappa shape index (κ1) is 12.2. The fourth-order valence-electron chi connectivity index (χ4n) is 1.33. The number of halogens is 4. The minimum atomic E-state index is -4.80. The maximum atomic E-state index is 13.0. The average molecular weight is 259 g/mol. The second kappa shape index (κ2) is 4.21.